The summed E-state index contributed by atoms with van der Waals surface area (Å²) in [7, 11) is 0. The zero-order valence-electron chi connectivity index (χ0n) is 9.41. The number of thiophene rings is 1. The van der Waals surface area contributed by atoms with Gasteiger partial charge >= 0.3 is 5.97 Å². The van der Waals surface area contributed by atoms with Gasteiger partial charge in [-0.05, 0) is 29.9 Å². The van der Waals surface area contributed by atoms with Gasteiger partial charge in [-0.1, -0.05) is 26.2 Å². The molecule has 3 heteroatoms. The number of esters is 1. The second-order valence-corrected chi connectivity index (χ2v) is 4.55. The highest BCUT2D eigenvalue weighted by Crippen LogP contribution is 2.24. The first-order valence-corrected chi connectivity index (χ1v) is 6.36. The molecule has 0 unspecified atom stereocenters. The monoisotopic (exact) mass is 226 g/mol. The molecule has 0 atom stereocenters. The maximum atomic E-state index is 10.7. The lowest BCUT2D eigenvalue weighted by Gasteiger charge is -1.97. The minimum Gasteiger partial charge on any atom is -0.416 e. The molecule has 0 saturated carbocycles. The quantitative estimate of drug-likeness (QED) is 0.545. The molecule has 1 aromatic rings. The van der Waals surface area contributed by atoms with Crippen LogP contribution in [0.2, 0.25) is 0 Å². The van der Waals surface area contributed by atoms with Crippen molar-refractivity contribution in [3.8, 4) is 5.06 Å². The highest BCUT2D eigenvalue weighted by molar-refractivity contribution is 7.12. The van der Waals surface area contributed by atoms with Crippen LogP contribution in [-0.2, 0) is 11.2 Å². The standard InChI is InChI=1S/C12H18O2S/c1-3-4-5-6-7-11-8-12(15-9-11)14-10(2)13/h8-9H,3-7H2,1-2H3. The van der Waals surface area contributed by atoms with Crippen LogP contribution in [0.25, 0.3) is 0 Å². The Kier molecular flexibility index (Phi) is 5.40. The molecule has 2 nitrogen and oxygen atoms in total. The van der Waals surface area contributed by atoms with E-state index >= 15 is 0 Å². The van der Waals surface area contributed by atoms with Gasteiger partial charge < -0.3 is 4.74 Å². The van der Waals surface area contributed by atoms with Crippen LogP contribution in [0.3, 0.4) is 0 Å². The zero-order chi connectivity index (χ0) is 11.1. The van der Waals surface area contributed by atoms with Gasteiger partial charge in [0.25, 0.3) is 0 Å². The van der Waals surface area contributed by atoms with Crippen molar-refractivity contribution in [3.05, 3.63) is 17.0 Å². The van der Waals surface area contributed by atoms with E-state index in [4.69, 9.17) is 4.74 Å². The highest BCUT2D eigenvalue weighted by atomic mass is 32.1. The molecule has 1 rings (SSSR count). The van der Waals surface area contributed by atoms with E-state index in [0.717, 1.165) is 6.42 Å². The predicted molar refractivity (Wildman–Crippen MR) is 63.5 cm³/mol. The summed E-state index contributed by atoms with van der Waals surface area (Å²) in [6.07, 6.45) is 6.18. The van der Waals surface area contributed by atoms with Gasteiger partial charge in [-0.2, -0.15) is 0 Å². The third kappa shape index (κ3) is 4.98. The molecule has 15 heavy (non-hydrogen) atoms. The van der Waals surface area contributed by atoms with Crippen LogP contribution in [-0.4, -0.2) is 5.97 Å². The molecule has 0 N–H and O–H groups in total. The summed E-state index contributed by atoms with van der Waals surface area (Å²) in [5.74, 6) is -0.241. The molecular formula is C12H18O2S. The molecule has 0 spiro atoms. The fourth-order valence-corrected chi connectivity index (χ4v) is 2.27. The van der Waals surface area contributed by atoms with E-state index in [2.05, 4.69) is 12.3 Å². The number of aryl methyl sites for hydroxylation is 1. The molecule has 0 saturated heterocycles. The van der Waals surface area contributed by atoms with Crippen LogP contribution < -0.4 is 4.74 Å². The van der Waals surface area contributed by atoms with E-state index in [0.29, 0.717) is 5.06 Å². The Morgan fingerprint density at radius 1 is 1.40 bits per heavy atom. The molecular weight excluding hydrogens is 208 g/mol. The molecule has 1 heterocycles. The smallest absolute Gasteiger partial charge is 0.308 e. The fourth-order valence-electron chi connectivity index (χ4n) is 1.44. The average molecular weight is 226 g/mol. The predicted octanol–water partition coefficient (Wildman–Crippen LogP) is 3.80. The van der Waals surface area contributed by atoms with Gasteiger partial charge in [0.1, 0.15) is 0 Å². The van der Waals surface area contributed by atoms with Crippen molar-refractivity contribution in [2.24, 2.45) is 0 Å². The minimum atomic E-state index is -0.241. The number of ether oxygens (including phenoxy) is 1. The third-order valence-corrected chi connectivity index (χ3v) is 3.05. The van der Waals surface area contributed by atoms with Crippen molar-refractivity contribution < 1.29 is 9.53 Å². The lowest BCUT2D eigenvalue weighted by Crippen LogP contribution is -1.99. The van der Waals surface area contributed by atoms with Crippen molar-refractivity contribution in [2.45, 2.75) is 46.0 Å². The molecule has 0 aliphatic rings. The summed E-state index contributed by atoms with van der Waals surface area (Å²) >= 11 is 1.50. The number of unbranched alkanes of at least 4 members (excludes halogenated alkanes) is 3. The molecule has 0 aromatic carbocycles. The van der Waals surface area contributed by atoms with Crippen molar-refractivity contribution in [1.29, 1.82) is 0 Å². The molecule has 0 aliphatic carbocycles. The first-order chi connectivity index (χ1) is 7.22. The van der Waals surface area contributed by atoms with Crippen LogP contribution in [0, 0.1) is 0 Å². The van der Waals surface area contributed by atoms with Crippen molar-refractivity contribution in [1.82, 2.24) is 0 Å². The second-order valence-electron chi connectivity index (χ2n) is 3.68. The Bertz CT molecular complexity index is 304. The summed E-state index contributed by atoms with van der Waals surface area (Å²) in [5.41, 5.74) is 1.28. The average Bonchev–Trinajstić information content (AvgIpc) is 2.59. The van der Waals surface area contributed by atoms with E-state index in [1.54, 1.807) is 0 Å². The van der Waals surface area contributed by atoms with Crippen LogP contribution in [0.1, 0.15) is 45.1 Å². The van der Waals surface area contributed by atoms with Gasteiger partial charge in [-0.25, -0.2) is 0 Å². The lowest BCUT2D eigenvalue weighted by molar-refractivity contribution is -0.131. The number of hydrogen-bond acceptors (Lipinski definition) is 3. The van der Waals surface area contributed by atoms with Gasteiger partial charge in [0.2, 0.25) is 0 Å². The first-order valence-electron chi connectivity index (χ1n) is 5.48. The summed E-state index contributed by atoms with van der Waals surface area (Å²) in [4.78, 5) is 10.7. The maximum absolute atomic E-state index is 10.7. The molecule has 0 fully saturated rings. The zero-order valence-corrected chi connectivity index (χ0v) is 10.2. The highest BCUT2D eigenvalue weighted by Gasteiger charge is 2.02. The van der Waals surface area contributed by atoms with Gasteiger partial charge in [0, 0.05) is 6.92 Å². The van der Waals surface area contributed by atoms with Crippen LogP contribution >= 0.6 is 11.3 Å². The number of carbonyl (C=O) groups excluding carboxylic acids is 1. The SMILES string of the molecule is CCCCCCc1csc(OC(C)=O)c1. The van der Waals surface area contributed by atoms with Crippen molar-refractivity contribution in [3.63, 3.8) is 0 Å². The summed E-state index contributed by atoms with van der Waals surface area (Å²) in [6, 6.07) is 1.97. The Morgan fingerprint density at radius 2 is 2.20 bits per heavy atom. The maximum Gasteiger partial charge on any atom is 0.308 e. The van der Waals surface area contributed by atoms with E-state index in [1.165, 1.54) is 49.5 Å². The summed E-state index contributed by atoms with van der Waals surface area (Å²) < 4.78 is 5.00. The van der Waals surface area contributed by atoms with E-state index in [9.17, 15) is 4.79 Å². The Labute approximate surface area is 95.3 Å². The first kappa shape index (κ1) is 12.2. The van der Waals surface area contributed by atoms with Crippen LogP contribution in [0.5, 0.6) is 5.06 Å². The van der Waals surface area contributed by atoms with Gasteiger partial charge in [0.05, 0.1) is 0 Å². The summed E-state index contributed by atoms with van der Waals surface area (Å²) in [6.45, 7) is 3.64. The Balaban J connectivity index is 2.29. The minimum absolute atomic E-state index is 0.241. The van der Waals surface area contributed by atoms with Gasteiger partial charge in [0.15, 0.2) is 5.06 Å². The van der Waals surface area contributed by atoms with E-state index < -0.39 is 0 Å². The molecule has 0 bridgehead atoms. The molecule has 0 radical (unpaired) electrons. The normalized spacial score (nSPS) is 10.3. The topological polar surface area (TPSA) is 26.3 Å². The fraction of sp³-hybridized carbons (Fsp3) is 0.583. The second kappa shape index (κ2) is 6.62. The van der Waals surface area contributed by atoms with Crippen molar-refractivity contribution in [2.75, 3.05) is 0 Å². The molecule has 1 aromatic heterocycles. The largest absolute Gasteiger partial charge is 0.416 e. The number of carbonyl (C=O) groups is 1. The van der Waals surface area contributed by atoms with Crippen LogP contribution in [0.15, 0.2) is 11.4 Å². The van der Waals surface area contributed by atoms with Gasteiger partial charge in [-0.3, -0.25) is 4.79 Å². The number of hydrogen-bond donors (Lipinski definition) is 0. The van der Waals surface area contributed by atoms with Crippen molar-refractivity contribution >= 4 is 17.3 Å². The molecule has 0 amide bonds. The molecule has 84 valence electrons. The van der Waals surface area contributed by atoms with Gasteiger partial charge in [-0.15, -0.1) is 11.3 Å². The van der Waals surface area contributed by atoms with E-state index in [-0.39, 0.29) is 5.97 Å². The third-order valence-electron chi connectivity index (χ3n) is 2.19. The Hall–Kier alpha value is -0.830. The lowest BCUT2D eigenvalue weighted by atomic mass is 10.1. The van der Waals surface area contributed by atoms with Crippen LogP contribution in [0.4, 0.5) is 0 Å². The summed E-state index contributed by atoms with van der Waals surface area (Å²) in [5, 5.41) is 2.79. The Morgan fingerprint density at radius 3 is 2.87 bits per heavy atom. The van der Waals surface area contributed by atoms with E-state index in [1.807, 2.05) is 6.07 Å². The molecule has 0 aliphatic heterocycles. The number of rotatable bonds is 6.